The molecule has 1 aromatic heterocycles. The fourth-order valence-electron chi connectivity index (χ4n) is 2.08. The fraction of sp³-hybridized carbons (Fsp3) is 0.429. The first-order valence-electron chi connectivity index (χ1n) is 5.91. The van der Waals surface area contributed by atoms with E-state index in [9.17, 15) is 0 Å². The van der Waals surface area contributed by atoms with Gasteiger partial charge >= 0.3 is 0 Å². The Balaban J connectivity index is 2.34. The van der Waals surface area contributed by atoms with E-state index in [-0.39, 0.29) is 0 Å². The van der Waals surface area contributed by atoms with Crippen LogP contribution >= 0.6 is 0 Å². The lowest BCUT2D eigenvalue weighted by molar-refractivity contribution is 0.569. The van der Waals surface area contributed by atoms with Crippen LogP contribution in [0.2, 0.25) is 0 Å². The molecule has 0 aliphatic rings. The summed E-state index contributed by atoms with van der Waals surface area (Å²) < 4.78 is 5.83. The summed E-state index contributed by atoms with van der Waals surface area (Å²) in [7, 11) is 0. The molecule has 2 aromatic rings. The van der Waals surface area contributed by atoms with Gasteiger partial charge in [-0.1, -0.05) is 18.2 Å². The van der Waals surface area contributed by atoms with Gasteiger partial charge in [0.1, 0.15) is 11.3 Å². The first-order chi connectivity index (χ1) is 7.74. The number of furan rings is 1. The molecular formula is C14H19NO. The Morgan fingerprint density at radius 3 is 2.75 bits per heavy atom. The molecule has 0 unspecified atom stereocenters. The number of hydrogen-bond acceptors (Lipinski definition) is 2. The van der Waals surface area contributed by atoms with Crippen LogP contribution in [0.4, 0.5) is 0 Å². The first-order valence-corrected chi connectivity index (χ1v) is 5.91. The third kappa shape index (κ3) is 1.98. The fourth-order valence-corrected chi connectivity index (χ4v) is 2.08. The van der Waals surface area contributed by atoms with E-state index in [0.717, 1.165) is 37.2 Å². The van der Waals surface area contributed by atoms with Gasteiger partial charge in [0.25, 0.3) is 0 Å². The lowest BCUT2D eigenvalue weighted by Crippen LogP contribution is -1.99. The van der Waals surface area contributed by atoms with Crippen molar-refractivity contribution >= 4 is 11.0 Å². The quantitative estimate of drug-likeness (QED) is 0.798. The van der Waals surface area contributed by atoms with Gasteiger partial charge < -0.3 is 10.2 Å². The van der Waals surface area contributed by atoms with Crippen LogP contribution in [-0.2, 0) is 6.42 Å². The maximum absolute atomic E-state index is 5.83. The summed E-state index contributed by atoms with van der Waals surface area (Å²) >= 11 is 0. The Hall–Kier alpha value is -1.28. The maximum atomic E-state index is 5.83. The second kappa shape index (κ2) is 4.71. The van der Waals surface area contributed by atoms with E-state index in [1.54, 1.807) is 0 Å². The zero-order valence-corrected chi connectivity index (χ0v) is 10.0. The van der Waals surface area contributed by atoms with Crippen molar-refractivity contribution in [1.82, 2.24) is 0 Å². The highest BCUT2D eigenvalue weighted by atomic mass is 16.3. The molecule has 0 bridgehead atoms. The Bertz CT molecular complexity index is 485. The average Bonchev–Trinajstić information content (AvgIpc) is 2.57. The molecule has 1 heterocycles. The summed E-state index contributed by atoms with van der Waals surface area (Å²) in [6.45, 7) is 4.91. The number of hydrogen-bond donors (Lipinski definition) is 1. The van der Waals surface area contributed by atoms with Crippen molar-refractivity contribution in [2.45, 2.75) is 33.1 Å². The highest BCUT2D eigenvalue weighted by molar-refractivity contribution is 5.84. The van der Waals surface area contributed by atoms with Crippen molar-refractivity contribution < 1.29 is 4.42 Å². The number of fused-ring (bicyclic) bond motifs is 1. The summed E-state index contributed by atoms with van der Waals surface area (Å²) in [5, 5.41) is 1.25. The number of aryl methyl sites for hydroxylation is 3. The standard InChI is InChI=1S/C14H19NO/c1-10-11(2)16-14-12(6-3-4-9-15)7-5-8-13(10)14/h5,7-8H,3-4,6,9,15H2,1-2H3. The van der Waals surface area contributed by atoms with E-state index >= 15 is 0 Å². The molecule has 0 radical (unpaired) electrons. The second-order valence-electron chi connectivity index (χ2n) is 4.32. The number of unbranched alkanes of at least 4 members (excludes halogenated alkanes) is 1. The minimum atomic E-state index is 0.770. The molecule has 2 heteroatoms. The number of nitrogens with two attached hydrogens (primary N) is 1. The highest BCUT2D eigenvalue weighted by Crippen LogP contribution is 2.28. The van der Waals surface area contributed by atoms with Gasteiger partial charge in [-0.05, 0) is 50.8 Å². The molecule has 16 heavy (non-hydrogen) atoms. The third-order valence-corrected chi connectivity index (χ3v) is 3.18. The predicted molar refractivity (Wildman–Crippen MR) is 67.7 cm³/mol. The van der Waals surface area contributed by atoms with Gasteiger partial charge in [0.15, 0.2) is 0 Å². The zero-order chi connectivity index (χ0) is 11.5. The first kappa shape index (κ1) is 11.2. The normalized spacial score (nSPS) is 11.2. The monoisotopic (exact) mass is 217 g/mol. The molecule has 2 N–H and O–H groups in total. The van der Waals surface area contributed by atoms with E-state index in [1.807, 2.05) is 6.92 Å². The molecule has 1 aromatic carbocycles. The molecule has 0 saturated carbocycles. The second-order valence-corrected chi connectivity index (χ2v) is 4.32. The molecule has 86 valence electrons. The van der Waals surface area contributed by atoms with E-state index < -0.39 is 0 Å². The smallest absolute Gasteiger partial charge is 0.137 e. The Morgan fingerprint density at radius 1 is 1.19 bits per heavy atom. The van der Waals surface area contributed by atoms with Gasteiger partial charge in [-0.15, -0.1) is 0 Å². The molecular weight excluding hydrogens is 198 g/mol. The highest BCUT2D eigenvalue weighted by Gasteiger charge is 2.09. The number of para-hydroxylation sites is 1. The van der Waals surface area contributed by atoms with Gasteiger partial charge in [0.05, 0.1) is 0 Å². The lowest BCUT2D eigenvalue weighted by Gasteiger charge is -2.01. The minimum Gasteiger partial charge on any atom is -0.461 e. The van der Waals surface area contributed by atoms with Crippen LogP contribution in [0.3, 0.4) is 0 Å². The van der Waals surface area contributed by atoms with E-state index in [2.05, 4.69) is 25.1 Å². The van der Waals surface area contributed by atoms with Crippen LogP contribution in [-0.4, -0.2) is 6.54 Å². The SMILES string of the molecule is Cc1oc2c(CCCCN)cccc2c1C. The van der Waals surface area contributed by atoms with Crippen LogP contribution in [0.25, 0.3) is 11.0 Å². The summed E-state index contributed by atoms with van der Waals surface area (Å²) in [6, 6.07) is 6.40. The molecule has 0 fully saturated rings. The van der Waals surface area contributed by atoms with Crippen molar-refractivity contribution in [1.29, 1.82) is 0 Å². The molecule has 2 rings (SSSR count). The van der Waals surface area contributed by atoms with Crippen LogP contribution in [0.5, 0.6) is 0 Å². The van der Waals surface area contributed by atoms with Crippen molar-refractivity contribution in [3.05, 3.63) is 35.1 Å². The van der Waals surface area contributed by atoms with Crippen LogP contribution < -0.4 is 5.73 Å². The van der Waals surface area contributed by atoms with E-state index in [4.69, 9.17) is 10.2 Å². The Kier molecular flexibility index (Phi) is 3.30. The topological polar surface area (TPSA) is 39.2 Å². The molecule has 2 nitrogen and oxygen atoms in total. The van der Waals surface area contributed by atoms with Crippen molar-refractivity contribution in [3.63, 3.8) is 0 Å². The van der Waals surface area contributed by atoms with Gasteiger partial charge in [-0.2, -0.15) is 0 Å². The van der Waals surface area contributed by atoms with Gasteiger partial charge in [-0.3, -0.25) is 0 Å². The van der Waals surface area contributed by atoms with E-state index in [1.165, 1.54) is 16.5 Å². The van der Waals surface area contributed by atoms with Gasteiger partial charge in [-0.25, -0.2) is 0 Å². The third-order valence-electron chi connectivity index (χ3n) is 3.18. The van der Waals surface area contributed by atoms with Gasteiger partial charge in [0.2, 0.25) is 0 Å². The molecule has 0 spiro atoms. The largest absolute Gasteiger partial charge is 0.461 e. The Labute approximate surface area is 96.4 Å². The number of benzene rings is 1. The van der Waals surface area contributed by atoms with E-state index in [0.29, 0.717) is 0 Å². The van der Waals surface area contributed by atoms with Crippen molar-refractivity contribution in [2.24, 2.45) is 5.73 Å². The molecule has 0 aliphatic heterocycles. The summed E-state index contributed by atoms with van der Waals surface area (Å²) in [5.41, 5.74) is 9.14. The van der Waals surface area contributed by atoms with Gasteiger partial charge in [0, 0.05) is 5.39 Å². The number of rotatable bonds is 4. The average molecular weight is 217 g/mol. The summed E-state index contributed by atoms with van der Waals surface area (Å²) in [4.78, 5) is 0. The maximum Gasteiger partial charge on any atom is 0.137 e. The zero-order valence-electron chi connectivity index (χ0n) is 10.0. The van der Waals surface area contributed by atoms with Crippen molar-refractivity contribution in [3.8, 4) is 0 Å². The Morgan fingerprint density at radius 2 is 2.00 bits per heavy atom. The molecule has 0 amide bonds. The summed E-state index contributed by atoms with van der Waals surface area (Å²) in [5.74, 6) is 1.03. The molecule has 0 saturated heterocycles. The molecule has 0 atom stereocenters. The predicted octanol–water partition coefficient (Wildman–Crippen LogP) is 3.33. The minimum absolute atomic E-state index is 0.770. The van der Waals surface area contributed by atoms with Crippen molar-refractivity contribution in [2.75, 3.05) is 6.54 Å². The lowest BCUT2D eigenvalue weighted by atomic mass is 10.0. The van der Waals surface area contributed by atoms with Crippen LogP contribution in [0.1, 0.15) is 29.7 Å². The summed E-state index contributed by atoms with van der Waals surface area (Å²) in [6.07, 6.45) is 3.27. The van der Waals surface area contributed by atoms with Crippen LogP contribution in [0, 0.1) is 13.8 Å². The molecule has 0 aliphatic carbocycles. The van der Waals surface area contributed by atoms with Crippen LogP contribution in [0.15, 0.2) is 22.6 Å².